The average molecular weight is 304 g/mol. The summed E-state index contributed by atoms with van der Waals surface area (Å²) in [7, 11) is 0. The highest BCUT2D eigenvalue weighted by molar-refractivity contribution is 6.21. The van der Waals surface area contributed by atoms with Crippen molar-refractivity contribution in [1.82, 2.24) is 4.98 Å². The lowest BCUT2D eigenvalue weighted by Crippen LogP contribution is -2.58. The third-order valence-electron chi connectivity index (χ3n) is 6.50. The number of aromatic nitrogens is 1. The van der Waals surface area contributed by atoms with Gasteiger partial charge in [0.15, 0.2) is 0 Å². The molecule has 5 rings (SSSR count). The number of rotatable bonds is 3. The summed E-state index contributed by atoms with van der Waals surface area (Å²) >= 11 is 7.04. The van der Waals surface area contributed by atoms with Crippen LogP contribution in [-0.4, -0.2) is 10.4 Å². The highest BCUT2D eigenvalue weighted by Gasteiger charge is 2.61. The van der Waals surface area contributed by atoms with Crippen molar-refractivity contribution in [2.75, 3.05) is 0 Å². The zero-order valence-corrected chi connectivity index (χ0v) is 14.0. The second-order valence-electron chi connectivity index (χ2n) is 9.02. The molecule has 4 saturated carbocycles. The molecule has 0 aromatic carbocycles. The molecule has 3 unspecified atom stereocenters. The van der Waals surface area contributed by atoms with Gasteiger partial charge in [-0.3, -0.25) is 4.98 Å². The number of hydrogen-bond donors (Lipinski definition) is 0. The van der Waals surface area contributed by atoms with Crippen LogP contribution in [0.15, 0.2) is 24.5 Å². The van der Waals surface area contributed by atoms with E-state index in [0.29, 0.717) is 16.2 Å². The number of pyridine rings is 1. The average Bonchev–Trinajstić information content (AvgIpc) is 2.35. The highest BCUT2D eigenvalue weighted by Crippen LogP contribution is 2.71. The van der Waals surface area contributed by atoms with Crippen LogP contribution in [-0.2, 0) is 6.42 Å². The Labute approximate surface area is 133 Å². The van der Waals surface area contributed by atoms with Gasteiger partial charge in [0.25, 0.3) is 0 Å². The van der Waals surface area contributed by atoms with Crippen molar-refractivity contribution in [3.05, 3.63) is 30.1 Å². The minimum absolute atomic E-state index is 0.280. The van der Waals surface area contributed by atoms with Crippen LogP contribution >= 0.6 is 11.6 Å². The predicted octanol–water partition coefficient (Wildman–Crippen LogP) is 5.23. The van der Waals surface area contributed by atoms with Crippen LogP contribution in [0.4, 0.5) is 0 Å². The molecule has 1 aromatic rings. The van der Waals surface area contributed by atoms with Crippen molar-refractivity contribution in [3.8, 4) is 0 Å². The maximum atomic E-state index is 7.04. The highest BCUT2D eigenvalue weighted by atomic mass is 35.5. The third-order valence-corrected chi connectivity index (χ3v) is 7.12. The van der Waals surface area contributed by atoms with Crippen molar-refractivity contribution in [2.45, 2.75) is 64.2 Å². The largest absolute Gasteiger partial charge is 0.265 e. The van der Waals surface area contributed by atoms with Gasteiger partial charge in [-0.1, -0.05) is 13.8 Å². The molecule has 0 aliphatic heterocycles. The van der Waals surface area contributed by atoms with E-state index in [9.17, 15) is 0 Å². The van der Waals surface area contributed by atoms with E-state index in [4.69, 9.17) is 11.6 Å². The lowest BCUT2D eigenvalue weighted by Gasteiger charge is -2.66. The van der Waals surface area contributed by atoms with Crippen LogP contribution in [0.25, 0.3) is 0 Å². The molecule has 4 aliphatic carbocycles. The molecule has 4 bridgehead atoms. The van der Waals surface area contributed by atoms with E-state index in [2.05, 4.69) is 31.0 Å². The van der Waals surface area contributed by atoms with E-state index in [1.54, 1.807) is 0 Å². The molecule has 4 aliphatic rings. The van der Waals surface area contributed by atoms with Crippen molar-refractivity contribution in [3.63, 3.8) is 0 Å². The molecule has 1 heterocycles. The van der Waals surface area contributed by atoms with E-state index in [0.717, 1.165) is 12.3 Å². The van der Waals surface area contributed by atoms with Gasteiger partial charge < -0.3 is 0 Å². The van der Waals surface area contributed by atoms with Gasteiger partial charge in [0.1, 0.15) is 0 Å². The summed E-state index contributed by atoms with van der Waals surface area (Å²) in [5.74, 6) is 0.926. The standard InChI is InChI=1S/C19H26ClN/c1-17-8-15-9-18(2,11-17)13-19(10-15,12-17)16(20)7-14-3-5-21-6-4-14/h3-6,15-16H,7-13H2,1-2H3. The summed E-state index contributed by atoms with van der Waals surface area (Å²) in [6.07, 6.45) is 13.2. The summed E-state index contributed by atoms with van der Waals surface area (Å²) in [5.41, 5.74) is 2.84. The fourth-order valence-electron chi connectivity index (χ4n) is 6.83. The maximum Gasteiger partial charge on any atom is 0.0433 e. The van der Waals surface area contributed by atoms with Gasteiger partial charge in [0.2, 0.25) is 0 Å². The summed E-state index contributed by atoms with van der Waals surface area (Å²) in [6, 6.07) is 4.25. The van der Waals surface area contributed by atoms with Gasteiger partial charge in [0, 0.05) is 17.8 Å². The van der Waals surface area contributed by atoms with Crippen LogP contribution in [0, 0.1) is 22.2 Å². The quantitative estimate of drug-likeness (QED) is 0.697. The maximum absolute atomic E-state index is 7.04. The Morgan fingerprint density at radius 1 is 1.10 bits per heavy atom. The van der Waals surface area contributed by atoms with E-state index in [1.165, 1.54) is 44.1 Å². The number of alkyl halides is 1. The molecule has 1 aromatic heterocycles. The molecular formula is C19H26ClN. The Bertz CT molecular complexity index is 522. The second-order valence-corrected chi connectivity index (χ2v) is 9.55. The fraction of sp³-hybridized carbons (Fsp3) is 0.737. The molecule has 1 nitrogen and oxygen atoms in total. The van der Waals surface area contributed by atoms with Crippen molar-refractivity contribution in [2.24, 2.45) is 22.2 Å². The Hall–Kier alpha value is -0.560. The van der Waals surface area contributed by atoms with Gasteiger partial charge in [-0.2, -0.15) is 0 Å². The first-order valence-electron chi connectivity index (χ1n) is 8.44. The molecular weight excluding hydrogens is 278 g/mol. The topological polar surface area (TPSA) is 12.9 Å². The monoisotopic (exact) mass is 303 g/mol. The molecule has 3 atom stereocenters. The zero-order valence-electron chi connectivity index (χ0n) is 13.2. The third kappa shape index (κ3) is 2.32. The normalized spacial score (nSPS) is 45.8. The summed E-state index contributed by atoms with van der Waals surface area (Å²) in [5, 5.41) is 0.280. The summed E-state index contributed by atoms with van der Waals surface area (Å²) < 4.78 is 0. The molecule has 0 radical (unpaired) electrons. The van der Waals surface area contributed by atoms with Gasteiger partial charge >= 0.3 is 0 Å². The minimum Gasteiger partial charge on any atom is -0.265 e. The first-order chi connectivity index (χ1) is 9.91. The summed E-state index contributed by atoms with van der Waals surface area (Å²) in [6.45, 7) is 5.06. The van der Waals surface area contributed by atoms with Crippen LogP contribution in [0.1, 0.15) is 57.9 Å². The van der Waals surface area contributed by atoms with Crippen LogP contribution < -0.4 is 0 Å². The van der Waals surface area contributed by atoms with Crippen molar-refractivity contribution in [1.29, 1.82) is 0 Å². The molecule has 114 valence electrons. The van der Waals surface area contributed by atoms with E-state index < -0.39 is 0 Å². The predicted molar refractivity (Wildman–Crippen MR) is 87.4 cm³/mol. The lowest BCUT2D eigenvalue weighted by atomic mass is 9.39. The summed E-state index contributed by atoms with van der Waals surface area (Å²) in [4.78, 5) is 4.12. The van der Waals surface area contributed by atoms with E-state index >= 15 is 0 Å². The fourth-order valence-corrected chi connectivity index (χ4v) is 7.25. The molecule has 2 heteroatoms. The molecule has 0 saturated heterocycles. The minimum atomic E-state index is 0.280. The lowest BCUT2D eigenvalue weighted by molar-refractivity contribution is -0.145. The van der Waals surface area contributed by atoms with Gasteiger partial charge in [-0.25, -0.2) is 0 Å². The smallest absolute Gasteiger partial charge is 0.0433 e. The Morgan fingerprint density at radius 2 is 1.71 bits per heavy atom. The van der Waals surface area contributed by atoms with E-state index in [1.807, 2.05) is 12.4 Å². The first kappa shape index (κ1) is 14.1. The van der Waals surface area contributed by atoms with Crippen molar-refractivity contribution < 1.29 is 0 Å². The number of hydrogen-bond acceptors (Lipinski definition) is 1. The SMILES string of the molecule is CC12CC3CC(C)(C1)CC(C(Cl)Cc1ccncc1)(C3)C2. The van der Waals surface area contributed by atoms with Gasteiger partial charge in [-0.15, -0.1) is 11.6 Å². The molecule has 21 heavy (non-hydrogen) atoms. The van der Waals surface area contributed by atoms with E-state index in [-0.39, 0.29) is 5.38 Å². The molecule has 4 fully saturated rings. The molecule has 0 N–H and O–H groups in total. The van der Waals surface area contributed by atoms with Gasteiger partial charge in [-0.05, 0) is 84.8 Å². The zero-order chi connectivity index (χ0) is 14.7. The first-order valence-corrected chi connectivity index (χ1v) is 8.87. The molecule has 0 spiro atoms. The van der Waals surface area contributed by atoms with Crippen LogP contribution in [0.3, 0.4) is 0 Å². The number of nitrogens with zero attached hydrogens (tertiary/aromatic N) is 1. The second kappa shape index (κ2) is 4.47. The Balaban J connectivity index is 1.62. The van der Waals surface area contributed by atoms with Crippen molar-refractivity contribution >= 4 is 11.6 Å². The van der Waals surface area contributed by atoms with Crippen LogP contribution in [0.5, 0.6) is 0 Å². The van der Waals surface area contributed by atoms with Crippen LogP contribution in [0.2, 0.25) is 0 Å². The van der Waals surface area contributed by atoms with Gasteiger partial charge in [0.05, 0.1) is 0 Å². The number of halogens is 1. The Morgan fingerprint density at radius 3 is 2.29 bits per heavy atom. The Kier molecular flexibility index (Phi) is 2.99. The molecule has 0 amide bonds.